The van der Waals surface area contributed by atoms with Gasteiger partial charge >= 0.3 is 0 Å². The molecule has 110 valence electrons. The maximum Gasteiger partial charge on any atom is 0.217 e. The van der Waals surface area contributed by atoms with E-state index in [0.29, 0.717) is 13.1 Å². The number of nitrogens with one attached hydrogen (secondary N) is 1. The van der Waals surface area contributed by atoms with Crippen molar-refractivity contribution < 1.29 is 8.42 Å². The first-order valence-electron chi connectivity index (χ1n) is 6.63. The molecular weight excluding hydrogens is 250 g/mol. The highest BCUT2D eigenvalue weighted by Crippen LogP contribution is 2.07. The van der Waals surface area contributed by atoms with E-state index in [-0.39, 0.29) is 5.25 Å². The molecule has 0 aliphatic carbocycles. The third-order valence-corrected chi connectivity index (χ3v) is 5.11. The summed E-state index contributed by atoms with van der Waals surface area (Å²) in [5, 5.41) is 2.79. The summed E-state index contributed by atoms with van der Waals surface area (Å²) in [6.45, 7) is 6.71. The van der Waals surface area contributed by atoms with Gasteiger partial charge in [-0.3, -0.25) is 0 Å². The van der Waals surface area contributed by atoms with Crippen molar-refractivity contribution in [3.05, 3.63) is 0 Å². The average molecular weight is 279 g/mol. The molecule has 0 aliphatic rings. The van der Waals surface area contributed by atoms with E-state index in [1.165, 1.54) is 4.31 Å². The maximum atomic E-state index is 12.2. The van der Waals surface area contributed by atoms with Crippen molar-refractivity contribution in [3.8, 4) is 0 Å². The second-order valence-corrected chi connectivity index (χ2v) is 7.50. The zero-order valence-electron chi connectivity index (χ0n) is 12.4. The van der Waals surface area contributed by atoms with Crippen molar-refractivity contribution in [1.82, 2.24) is 14.5 Å². The van der Waals surface area contributed by atoms with Crippen LogP contribution in [0.15, 0.2) is 0 Å². The lowest BCUT2D eigenvalue weighted by Gasteiger charge is -2.22. The van der Waals surface area contributed by atoms with Gasteiger partial charge in [0.15, 0.2) is 0 Å². The van der Waals surface area contributed by atoms with E-state index < -0.39 is 10.0 Å². The van der Waals surface area contributed by atoms with Crippen LogP contribution in [0, 0.1) is 0 Å². The number of hydrogen-bond donors (Lipinski definition) is 1. The Morgan fingerprint density at radius 3 is 2.28 bits per heavy atom. The molecule has 0 aliphatic heterocycles. The zero-order chi connectivity index (χ0) is 14.2. The minimum Gasteiger partial charge on any atom is -0.315 e. The molecule has 18 heavy (non-hydrogen) atoms. The van der Waals surface area contributed by atoms with Gasteiger partial charge in [-0.1, -0.05) is 6.92 Å². The van der Waals surface area contributed by atoms with Gasteiger partial charge in [0.2, 0.25) is 10.0 Å². The van der Waals surface area contributed by atoms with Gasteiger partial charge in [-0.2, -0.15) is 0 Å². The molecule has 0 spiro atoms. The fraction of sp³-hybridized carbons (Fsp3) is 1.00. The van der Waals surface area contributed by atoms with Crippen LogP contribution in [0.3, 0.4) is 0 Å². The smallest absolute Gasteiger partial charge is 0.217 e. The second kappa shape index (κ2) is 8.85. The molecule has 0 radical (unpaired) electrons. The predicted molar refractivity (Wildman–Crippen MR) is 77.3 cm³/mol. The van der Waals surface area contributed by atoms with Crippen molar-refractivity contribution in [2.75, 3.05) is 47.3 Å². The van der Waals surface area contributed by atoms with E-state index in [2.05, 4.69) is 17.1 Å². The van der Waals surface area contributed by atoms with Crippen LogP contribution in [-0.2, 0) is 10.0 Å². The van der Waals surface area contributed by atoms with E-state index in [1.807, 2.05) is 14.1 Å². The van der Waals surface area contributed by atoms with Crippen molar-refractivity contribution in [2.24, 2.45) is 0 Å². The van der Waals surface area contributed by atoms with Crippen LogP contribution in [0.25, 0.3) is 0 Å². The lowest BCUT2D eigenvalue weighted by molar-refractivity contribution is 0.368. The Kier molecular flexibility index (Phi) is 8.77. The largest absolute Gasteiger partial charge is 0.315 e. The topological polar surface area (TPSA) is 52.7 Å². The molecule has 0 saturated carbocycles. The Balaban J connectivity index is 4.16. The number of nitrogens with zero attached hydrogens (tertiary/aromatic N) is 2. The first kappa shape index (κ1) is 17.8. The summed E-state index contributed by atoms with van der Waals surface area (Å²) >= 11 is 0. The van der Waals surface area contributed by atoms with Gasteiger partial charge in [0.25, 0.3) is 0 Å². The summed E-state index contributed by atoms with van der Waals surface area (Å²) < 4.78 is 25.8. The second-order valence-electron chi connectivity index (χ2n) is 5.04. The van der Waals surface area contributed by atoms with Gasteiger partial charge in [0, 0.05) is 20.1 Å². The van der Waals surface area contributed by atoms with E-state index >= 15 is 0 Å². The minimum atomic E-state index is -3.17. The summed E-state index contributed by atoms with van der Waals surface area (Å²) in [6.07, 6.45) is 1.88. The normalized spacial score (nSPS) is 14.4. The molecule has 0 aromatic rings. The van der Waals surface area contributed by atoms with Crippen molar-refractivity contribution in [1.29, 1.82) is 0 Å². The van der Waals surface area contributed by atoms with Gasteiger partial charge in [-0.25, -0.2) is 12.7 Å². The fourth-order valence-electron chi connectivity index (χ4n) is 1.63. The molecule has 0 aromatic carbocycles. The molecule has 1 N–H and O–H groups in total. The van der Waals surface area contributed by atoms with Gasteiger partial charge < -0.3 is 10.2 Å². The number of hydrogen-bond acceptors (Lipinski definition) is 4. The Morgan fingerprint density at radius 1 is 1.17 bits per heavy atom. The standard InChI is InChI=1S/C12H29N3O2S/c1-6-8-13-11-12(2)18(16,17)15(5)10-7-9-14(3)4/h12-13H,6-11H2,1-5H3. The van der Waals surface area contributed by atoms with Crippen LogP contribution in [-0.4, -0.2) is 70.2 Å². The molecule has 1 unspecified atom stereocenters. The quantitative estimate of drug-likeness (QED) is 0.595. The molecule has 6 heteroatoms. The van der Waals surface area contributed by atoms with Crippen molar-refractivity contribution in [2.45, 2.75) is 31.9 Å². The Labute approximate surface area is 113 Å². The lowest BCUT2D eigenvalue weighted by Crippen LogP contribution is -2.41. The molecule has 0 amide bonds. The monoisotopic (exact) mass is 279 g/mol. The van der Waals surface area contributed by atoms with Gasteiger partial charge in [0.1, 0.15) is 0 Å². The molecule has 1 atom stereocenters. The van der Waals surface area contributed by atoms with Crippen LogP contribution in [0.1, 0.15) is 26.7 Å². The molecule has 0 heterocycles. The van der Waals surface area contributed by atoms with E-state index in [1.54, 1.807) is 14.0 Å². The molecule has 5 nitrogen and oxygen atoms in total. The van der Waals surface area contributed by atoms with Gasteiger partial charge in [-0.15, -0.1) is 0 Å². The summed E-state index contributed by atoms with van der Waals surface area (Å²) in [6, 6.07) is 0. The molecular formula is C12H29N3O2S. The number of rotatable bonds is 10. The molecule has 0 bridgehead atoms. The SMILES string of the molecule is CCCNCC(C)S(=O)(=O)N(C)CCCN(C)C. The average Bonchev–Trinajstić information content (AvgIpc) is 2.28. The first-order valence-corrected chi connectivity index (χ1v) is 8.13. The predicted octanol–water partition coefficient (Wildman–Crippen LogP) is 0.588. The summed E-state index contributed by atoms with van der Waals surface area (Å²) in [4.78, 5) is 2.06. The van der Waals surface area contributed by atoms with Gasteiger partial charge in [-0.05, 0) is 47.0 Å². The highest BCUT2D eigenvalue weighted by Gasteiger charge is 2.24. The van der Waals surface area contributed by atoms with Crippen molar-refractivity contribution in [3.63, 3.8) is 0 Å². The third-order valence-electron chi connectivity index (χ3n) is 2.88. The van der Waals surface area contributed by atoms with Crippen LogP contribution in [0.2, 0.25) is 0 Å². The number of sulfonamides is 1. The molecule has 0 rings (SSSR count). The minimum absolute atomic E-state index is 0.367. The van der Waals surface area contributed by atoms with Crippen molar-refractivity contribution >= 4 is 10.0 Å². The molecule has 0 fully saturated rings. The van der Waals surface area contributed by atoms with Crippen LogP contribution >= 0.6 is 0 Å². The Hall–Kier alpha value is -0.170. The zero-order valence-corrected chi connectivity index (χ0v) is 13.3. The summed E-state index contributed by atoms with van der Waals surface area (Å²) in [7, 11) is 2.49. The van der Waals surface area contributed by atoms with Gasteiger partial charge in [0.05, 0.1) is 5.25 Å². The van der Waals surface area contributed by atoms with Crippen LogP contribution in [0.4, 0.5) is 0 Å². The fourth-order valence-corrected chi connectivity index (χ4v) is 2.96. The first-order chi connectivity index (χ1) is 8.32. The summed E-state index contributed by atoms with van der Waals surface area (Å²) in [5.74, 6) is 0. The maximum absolute atomic E-state index is 12.2. The lowest BCUT2D eigenvalue weighted by atomic mass is 10.4. The summed E-state index contributed by atoms with van der Waals surface area (Å²) in [5.41, 5.74) is 0. The van der Waals surface area contributed by atoms with E-state index in [9.17, 15) is 8.42 Å². The highest BCUT2D eigenvalue weighted by atomic mass is 32.2. The Bertz CT molecular complexity index is 304. The molecule has 0 aromatic heterocycles. The molecule has 0 saturated heterocycles. The van der Waals surface area contributed by atoms with Crippen LogP contribution in [0.5, 0.6) is 0 Å². The van der Waals surface area contributed by atoms with E-state index in [0.717, 1.165) is 25.9 Å². The Morgan fingerprint density at radius 2 is 1.78 bits per heavy atom. The van der Waals surface area contributed by atoms with Crippen LogP contribution < -0.4 is 5.32 Å². The third kappa shape index (κ3) is 6.68. The van der Waals surface area contributed by atoms with E-state index in [4.69, 9.17) is 0 Å². The highest BCUT2D eigenvalue weighted by molar-refractivity contribution is 7.89.